The van der Waals surface area contributed by atoms with Gasteiger partial charge >= 0.3 is 0 Å². The Hall–Kier alpha value is -4.22. The Morgan fingerprint density at radius 1 is 0.794 bits per heavy atom. The van der Waals surface area contributed by atoms with E-state index in [-0.39, 0.29) is 5.92 Å². The van der Waals surface area contributed by atoms with Gasteiger partial charge in [0, 0.05) is 17.0 Å². The van der Waals surface area contributed by atoms with Gasteiger partial charge in [-0.2, -0.15) is 0 Å². The van der Waals surface area contributed by atoms with Crippen molar-refractivity contribution in [3.05, 3.63) is 119 Å². The second kappa shape index (κ2) is 7.40. The van der Waals surface area contributed by atoms with Gasteiger partial charge in [-0.3, -0.25) is 0 Å². The zero-order valence-electron chi connectivity index (χ0n) is 17.9. The molecule has 4 aromatic carbocycles. The van der Waals surface area contributed by atoms with E-state index in [0.717, 1.165) is 38.8 Å². The molecule has 0 spiro atoms. The maximum atomic E-state index is 6.46. The molecule has 0 saturated carbocycles. The second-order valence-corrected chi connectivity index (χ2v) is 8.70. The van der Waals surface area contributed by atoms with E-state index in [1.807, 2.05) is 36.4 Å². The van der Waals surface area contributed by atoms with Gasteiger partial charge in [-0.05, 0) is 34.5 Å². The van der Waals surface area contributed by atoms with E-state index in [1.165, 1.54) is 0 Å². The first kappa shape index (κ1) is 19.3. The van der Waals surface area contributed by atoms with Crippen LogP contribution in [0, 0.1) is 0 Å². The Morgan fingerprint density at radius 3 is 2.47 bits per heavy atom. The van der Waals surface area contributed by atoms with Crippen molar-refractivity contribution in [3.63, 3.8) is 0 Å². The predicted octanol–water partition coefficient (Wildman–Crippen LogP) is 6.88. The first-order valence-corrected chi connectivity index (χ1v) is 11.4. The van der Waals surface area contributed by atoms with Crippen molar-refractivity contribution in [3.8, 4) is 23.0 Å². The molecule has 0 aliphatic carbocycles. The van der Waals surface area contributed by atoms with E-state index in [9.17, 15) is 0 Å². The van der Waals surface area contributed by atoms with Gasteiger partial charge in [0.05, 0.1) is 10.6 Å². The van der Waals surface area contributed by atoms with Crippen molar-refractivity contribution >= 4 is 28.0 Å². The number of nitrogens with zero attached hydrogens (tertiary/aromatic N) is 4. The third-order valence-electron chi connectivity index (χ3n) is 6.35. The molecule has 2 aromatic heterocycles. The summed E-state index contributed by atoms with van der Waals surface area (Å²) in [6.07, 6.45) is 1.65. The molecule has 6 heteroatoms. The van der Waals surface area contributed by atoms with E-state index in [2.05, 4.69) is 59.6 Å². The van der Waals surface area contributed by atoms with E-state index < -0.39 is 0 Å². The van der Waals surface area contributed by atoms with Crippen molar-refractivity contribution < 1.29 is 4.74 Å². The highest BCUT2D eigenvalue weighted by Crippen LogP contribution is 2.50. The fourth-order valence-corrected chi connectivity index (χ4v) is 5.06. The van der Waals surface area contributed by atoms with Gasteiger partial charge in [-0.25, -0.2) is 14.5 Å². The summed E-state index contributed by atoms with van der Waals surface area (Å²) in [5, 5.41) is 7.61. The number of ether oxygens (including phenoxy) is 1. The van der Waals surface area contributed by atoms with Crippen LogP contribution in [-0.4, -0.2) is 19.6 Å². The van der Waals surface area contributed by atoms with E-state index in [4.69, 9.17) is 26.4 Å². The predicted molar refractivity (Wildman–Crippen MR) is 133 cm³/mol. The number of halogens is 1. The number of hydrogen-bond donors (Lipinski definition) is 0. The number of benzene rings is 4. The van der Waals surface area contributed by atoms with Gasteiger partial charge in [0.25, 0.3) is 0 Å². The zero-order valence-corrected chi connectivity index (χ0v) is 18.6. The second-order valence-electron chi connectivity index (χ2n) is 8.29. The van der Waals surface area contributed by atoms with Gasteiger partial charge in [0.2, 0.25) is 5.88 Å². The lowest BCUT2D eigenvalue weighted by Gasteiger charge is -2.29. The first-order chi connectivity index (χ1) is 16.8. The van der Waals surface area contributed by atoms with E-state index in [1.54, 1.807) is 10.8 Å². The normalized spacial score (nSPS) is 14.6. The molecule has 5 nitrogen and oxygen atoms in total. The zero-order chi connectivity index (χ0) is 22.6. The minimum atomic E-state index is -0.120. The van der Waals surface area contributed by atoms with Crippen LogP contribution in [0.2, 0.25) is 5.02 Å². The topological polar surface area (TPSA) is 52.3 Å². The van der Waals surface area contributed by atoms with E-state index in [0.29, 0.717) is 22.4 Å². The molecule has 1 atom stereocenters. The summed E-state index contributed by atoms with van der Waals surface area (Å²) in [5.74, 6) is 1.78. The molecule has 0 N–H and O–H groups in total. The lowest BCUT2D eigenvalue weighted by atomic mass is 9.81. The molecule has 34 heavy (non-hydrogen) atoms. The van der Waals surface area contributed by atoms with Crippen LogP contribution in [0.4, 0.5) is 0 Å². The highest BCUT2D eigenvalue weighted by Gasteiger charge is 2.34. The Labute approximate surface area is 200 Å². The molecule has 0 amide bonds. The SMILES string of the molecule is Clc1ccccc1-c1nc2c3c(ncn2n1)Oc1ccc2ccccc2c1[C@@H]3c1ccccc1. The van der Waals surface area contributed by atoms with Gasteiger partial charge in [-0.15, -0.1) is 5.10 Å². The fourth-order valence-electron chi connectivity index (χ4n) is 4.84. The highest BCUT2D eigenvalue weighted by molar-refractivity contribution is 6.33. The van der Waals surface area contributed by atoms with Crippen LogP contribution in [-0.2, 0) is 0 Å². The minimum Gasteiger partial charge on any atom is -0.438 e. The summed E-state index contributed by atoms with van der Waals surface area (Å²) in [6.45, 7) is 0. The highest BCUT2D eigenvalue weighted by atomic mass is 35.5. The smallest absolute Gasteiger partial charge is 0.228 e. The molecular weight excluding hydrogens is 444 g/mol. The maximum absolute atomic E-state index is 6.46. The maximum Gasteiger partial charge on any atom is 0.228 e. The number of aromatic nitrogens is 4. The quantitative estimate of drug-likeness (QED) is 0.282. The summed E-state index contributed by atoms with van der Waals surface area (Å²) >= 11 is 6.46. The standard InChI is InChI=1S/C28H17ClN4O/c29-21-13-7-6-12-20(21)26-31-27-25-23(18-9-2-1-3-10-18)24-19-11-5-4-8-17(19)14-15-22(24)34-28(25)30-16-33(27)32-26/h1-16,23H/t23-/m0/s1. The van der Waals surface area contributed by atoms with Crippen molar-refractivity contribution in [2.75, 3.05) is 0 Å². The van der Waals surface area contributed by atoms with Crippen LogP contribution in [0.15, 0.2) is 97.3 Å². The van der Waals surface area contributed by atoms with Crippen LogP contribution in [0.1, 0.15) is 22.6 Å². The molecule has 1 aliphatic rings. The molecular formula is C28H17ClN4O. The molecule has 6 aromatic rings. The largest absolute Gasteiger partial charge is 0.438 e. The first-order valence-electron chi connectivity index (χ1n) is 11.0. The summed E-state index contributed by atoms with van der Waals surface area (Å²) in [6, 6.07) is 30.5. The molecule has 0 radical (unpaired) electrons. The molecule has 162 valence electrons. The van der Waals surface area contributed by atoms with Crippen molar-refractivity contribution in [2.45, 2.75) is 5.92 Å². The number of fused-ring (bicyclic) bond motifs is 6. The fraction of sp³-hybridized carbons (Fsp3) is 0.0357. The third kappa shape index (κ3) is 2.84. The lowest BCUT2D eigenvalue weighted by molar-refractivity contribution is 0.433. The molecule has 1 aliphatic heterocycles. The van der Waals surface area contributed by atoms with Crippen molar-refractivity contribution in [2.24, 2.45) is 0 Å². The van der Waals surface area contributed by atoms with E-state index >= 15 is 0 Å². The van der Waals surface area contributed by atoms with Gasteiger partial charge < -0.3 is 4.74 Å². The molecule has 0 saturated heterocycles. The summed E-state index contributed by atoms with van der Waals surface area (Å²) < 4.78 is 8.08. The van der Waals surface area contributed by atoms with Crippen LogP contribution >= 0.6 is 11.6 Å². The van der Waals surface area contributed by atoms with Gasteiger partial charge in [0.1, 0.15) is 12.1 Å². The molecule has 0 fully saturated rings. The molecule has 3 heterocycles. The van der Waals surface area contributed by atoms with Crippen LogP contribution in [0.5, 0.6) is 11.6 Å². The number of rotatable bonds is 2. The Kier molecular flexibility index (Phi) is 4.19. The number of hydrogen-bond acceptors (Lipinski definition) is 4. The van der Waals surface area contributed by atoms with Crippen molar-refractivity contribution in [1.29, 1.82) is 0 Å². The summed E-state index contributed by atoms with van der Waals surface area (Å²) in [5.41, 5.74) is 4.62. The van der Waals surface area contributed by atoms with Crippen LogP contribution in [0.25, 0.3) is 27.8 Å². The summed E-state index contributed by atoms with van der Waals surface area (Å²) in [7, 11) is 0. The van der Waals surface area contributed by atoms with Gasteiger partial charge in [-0.1, -0.05) is 84.4 Å². The molecule has 0 unspecified atom stereocenters. The van der Waals surface area contributed by atoms with Crippen LogP contribution < -0.4 is 4.74 Å². The van der Waals surface area contributed by atoms with Crippen molar-refractivity contribution in [1.82, 2.24) is 19.6 Å². The average Bonchev–Trinajstić information content (AvgIpc) is 3.32. The average molecular weight is 461 g/mol. The third-order valence-corrected chi connectivity index (χ3v) is 6.68. The summed E-state index contributed by atoms with van der Waals surface area (Å²) in [4.78, 5) is 9.57. The minimum absolute atomic E-state index is 0.120. The van der Waals surface area contributed by atoms with Gasteiger partial charge in [0.15, 0.2) is 11.5 Å². The Morgan fingerprint density at radius 2 is 1.59 bits per heavy atom. The molecule has 0 bridgehead atoms. The monoisotopic (exact) mass is 460 g/mol. The Bertz CT molecular complexity index is 1710. The lowest BCUT2D eigenvalue weighted by Crippen LogP contribution is -2.15. The van der Waals surface area contributed by atoms with Crippen LogP contribution in [0.3, 0.4) is 0 Å². The Balaban J connectivity index is 1.55. The molecule has 7 rings (SSSR count).